The Morgan fingerprint density at radius 3 is 2.56 bits per heavy atom. The maximum Gasteiger partial charge on any atom is 0.335 e. The highest BCUT2D eigenvalue weighted by atomic mass is 16.4. The number of carboxylic acid groups (broad SMARTS) is 1. The molecule has 1 aliphatic rings. The topological polar surface area (TPSA) is 99.3 Å². The number of carbonyl (C=O) groups is 2. The highest BCUT2D eigenvalue weighted by molar-refractivity contribution is 5.94. The summed E-state index contributed by atoms with van der Waals surface area (Å²) in [7, 11) is 0. The zero-order valence-corrected chi connectivity index (χ0v) is 13.8. The number of amides is 1. The van der Waals surface area contributed by atoms with Gasteiger partial charge in [-0.1, -0.05) is 12.1 Å². The molecule has 130 valence electrons. The summed E-state index contributed by atoms with van der Waals surface area (Å²) in [6.07, 6.45) is 4.46. The van der Waals surface area contributed by atoms with E-state index in [9.17, 15) is 14.4 Å². The third-order valence-electron chi connectivity index (χ3n) is 4.48. The molecule has 6 nitrogen and oxygen atoms in total. The Kier molecular flexibility index (Phi) is 4.97. The molecular weight excluding hydrogens is 320 g/mol. The maximum absolute atomic E-state index is 12.3. The van der Waals surface area contributed by atoms with Crippen LogP contribution in [0.3, 0.4) is 0 Å². The quantitative estimate of drug-likeness (QED) is 0.774. The highest BCUT2D eigenvalue weighted by Gasteiger charge is 2.16. The van der Waals surface area contributed by atoms with Crippen LogP contribution in [0, 0.1) is 0 Å². The Morgan fingerprint density at radius 1 is 1.12 bits per heavy atom. The number of carboxylic acids is 1. The van der Waals surface area contributed by atoms with Gasteiger partial charge in [0.2, 0.25) is 0 Å². The molecule has 0 fully saturated rings. The van der Waals surface area contributed by atoms with Crippen molar-refractivity contribution in [2.45, 2.75) is 32.1 Å². The molecule has 1 amide bonds. The molecule has 0 saturated carbocycles. The second-order valence-electron chi connectivity index (χ2n) is 6.23. The van der Waals surface area contributed by atoms with Gasteiger partial charge in [-0.15, -0.1) is 0 Å². The van der Waals surface area contributed by atoms with Gasteiger partial charge in [-0.25, -0.2) is 4.79 Å². The van der Waals surface area contributed by atoms with Gasteiger partial charge in [-0.05, 0) is 61.4 Å². The average molecular weight is 340 g/mol. The minimum absolute atomic E-state index is 0.155. The number of benzene rings is 1. The molecule has 0 spiro atoms. The molecule has 3 rings (SSSR count). The van der Waals surface area contributed by atoms with E-state index in [1.54, 1.807) is 18.2 Å². The van der Waals surface area contributed by atoms with E-state index in [2.05, 4.69) is 10.3 Å². The van der Waals surface area contributed by atoms with Crippen molar-refractivity contribution < 1.29 is 14.7 Å². The van der Waals surface area contributed by atoms with Crippen molar-refractivity contribution in [1.82, 2.24) is 10.3 Å². The van der Waals surface area contributed by atoms with E-state index < -0.39 is 5.97 Å². The number of carbonyl (C=O) groups excluding carboxylic acids is 1. The van der Waals surface area contributed by atoms with Crippen molar-refractivity contribution in [1.29, 1.82) is 0 Å². The van der Waals surface area contributed by atoms with Crippen LogP contribution in [-0.4, -0.2) is 28.5 Å². The summed E-state index contributed by atoms with van der Waals surface area (Å²) in [6.45, 7) is 0.377. The summed E-state index contributed by atoms with van der Waals surface area (Å²) in [5, 5.41) is 11.6. The number of nitrogens with one attached hydrogen (secondary N) is 2. The number of hydrogen-bond donors (Lipinski definition) is 3. The Bertz CT molecular complexity index is 853. The molecular formula is C19H20N2O4. The number of aromatic amines is 1. The number of aromatic nitrogens is 1. The average Bonchev–Trinajstić information content (AvgIpc) is 2.61. The molecule has 3 N–H and O–H groups in total. The van der Waals surface area contributed by atoms with E-state index in [4.69, 9.17) is 5.11 Å². The van der Waals surface area contributed by atoms with Crippen molar-refractivity contribution in [2.24, 2.45) is 0 Å². The second kappa shape index (κ2) is 7.34. The van der Waals surface area contributed by atoms with E-state index in [-0.39, 0.29) is 22.6 Å². The fourth-order valence-electron chi connectivity index (χ4n) is 3.07. The van der Waals surface area contributed by atoms with Gasteiger partial charge in [0.05, 0.1) is 5.56 Å². The fraction of sp³-hybridized carbons (Fsp3) is 0.316. The van der Waals surface area contributed by atoms with Gasteiger partial charge >= 0.3 is 5.97 Å². The van der Waals surface area contributed by atoms with Crippen molar-refractivity contribution in [3.8, 4) is 0 Å². The fourth-order valence-corrected chi connectivity index (χ4v) is 3.07. The van der Waals surface area contributed by atoms with E-state index in [1.165, 1.54) is 12.1 Å². The normalized spacial score (nSPS) is 13.1. The molecule has 25 heavy (non-hydrogen) atoms. The molecule has 6 heteroatoms. The van der Waals surface area contributed by atoms with Gasteiger partial charge in [-0.2, -0.15) is 0 Å². The molecule has 1 aromatic heterocycles. The van der Waals surface area contributed by atoms with Gasteiger partial charge in [-0.3, -0.25) is 9.59 Å². The Hall–Kier alpha value is -2.89. The smallest absolute Gasteiger partial charge is 0.335 e. The largest absolute Gasteiger partial charge is 0.478 e. The second-order valence-corrected chi connectivity index (χ2v) is 6.23. The number of aryl methyl sites for hydroxylation is 2. The van der Waals surface area contributed by atoms with Crippen molar-refractivity contribution >= 4 is 11.9 Å². The lowest BCUT2D eigenvalue weighted by molar-refractivity contribution is 0.0696. The first-order valence-corrected chi connectivity index (χ1v) is 8.40. The lowest BCUT2D eigenvalue weighted by Gasteiger charge is -2.15. The molecule has 0 saturated heterocycles. The van der Waals surface area contributed by atoms with E-state index in [0.29, 0.717) is 13.0 Å². The first-order chi connectivity index (χ1) is 12.0. The van der Waals surface area contributed by atoms with Crippen LogP contribution < -0.4 is 10.9 Å². The summed E-state index contributed by atoms with van der Waals surface area (Å²) in [5.74, 6) is -1.34. The summed E-state index contributed by atoms with van der Waals surface area (Å²) < 4.78 is 0. The van der Waals surface area contributed by atoms with Gasteiger partial charge in [0, 0.05) is 12.2 Å². The molecule has 1 aliphatic carbocycles. The summed E-state index contributed by atoms with van der Waals surface area (Å²) in [6, 6.07) is 8.23. The minimum Gasteiger partial charge on any atom is -0.478 e. The van der Waals surface area contributed by atoms with Crippen LogP contribution in [0.2, 0.25) is 0 Å². The molecule has 0 aliphatic heterocycles. The molecule has 0 unspecified atom stereocenters. The molecule has 0 bridgehead atoms. The lowest BCUT2D eigenvalue weighted by Crippen LogP contribution is -2.32. The first kappa shape index (κ1) is 17.0. The van der Waals surface area contributed by atoms with E-state index in [0.717, 1.165) is 42.5 Å². The zero-order chi connectivity index (χ0) is 17.8. The number of fused-ring (bicyclic) bond motifs is 1. The first-order valence-electron chi connectivity index (χ1n) is 8.40. The van der Waals surface area contributed by atoms with Crippen LogP contribution in [0.5, 0.6) is 0 Å². The third kappa shape index (κ3) is 3.96. The van der Waals surface area contributed by atoms with Crippen LogP contribution in [0.25, 0.3) is 0 Å². The number of hydrogen-bond acceptors (Lipinski definition) is 3. The third-order valence-corrected chi connectivity index (χ3v) is 4.48. The molecule has 1 aromatic carbocycles. The van der Waals surface area contributed by atoms with Gasteiger partial charge < -0.3 is 15.4 Å². The monoisotopic (exact) mass is 340 g/mol. The van der Waals surface area contributed by atoms with E-state index >= 15 is 0 Å². The summed E-state index contributed by atoms with van der Waals surface area (Å²) in [4.78, 5) is 38.0. The van der Waals surface area contributed by atoms with Crippen LogP contribution in [0.15, 0.2) is 35.1 Å². The Labute approximate surface area is 144 Å². The van der Waals surface area contributed by atoms with Gasteiger partial charge in [0.1, 0.15) is 5.56 Å². The predicted octanol–water partition coefficient (Wildman–Crippen LogP) is 1.92. The van der Waals surface area contributed by atoms with Crippen LogP contribution >= 0.6 is 0 Å². The predicted molar refractivity (Wildman–Crippen MR) is 93.1 cm³/mol. The van der Waals surface area contributed by atoms with Crippen LogP contribution in [-0.2, 0) is 19.3 Å². The molecule has 1 heterocycles. The molecule has 2 aromatic rings. The number of rotatable bonds is 5. The standard InChI is InChI=1S/C19H20N2O4/c22-17(15-11-14-3-1-2-4-16(14)21-18(15)23)20-10-9-12-5-7-13(8-6-12)19(24)25/h5-8,11H,1-4,9-10H2,(H,20,22)(H,21,23)(H,24,25). The SMILES string of the molecule is O=C(O)c1ccc(CCNC(=O)c2cc3c([nH]c2=O)CCCC3)cc1. The summed E-state index contributed by atoms with van der Waals surface area (Å²) in [5.41, 5.74) is 2.97. The van der Waals surface area contributed by atoms with Gasteiger partial charge in [0.15, 0.2) is 0 Å². The van der Waals surface area contributed by atoms with Gasteiger partial charge in [0.25, 0.3) is 11.5 Å². The zero-order valence-electron chi connectivity index (χ0n) is 13.8. The van der Waals surface area contributed by atoms with Crippen molar-refractivity contribution in [3.63, 3.8) is 0 Å². The van der Waals surface area contributed by atoms with Crippen molar-refractivity contribution in [3.05, 3.63) is 68.6 Å². The molecule has 0 radical (unpaired) electrons. The number of H-pyrrole nitrogens is 1. The highest BCUT2D eigenvalue weighted by Crippen LogP contribution is 2.18. The summed E-state index contributed by atoms with van der Waals surface area (Å²) >= 11 is 0. The lowest BCUT2D eigenvalue weighted by atomic mass is 9.95. The number of aromatic carboxylic acids is 1. The molecule has 0 atom stereocenters. The van der Waals surface area contributed by atoms with Crippen molar-refractivity contribution in [2.75, 3.05) is 6.54 Å². The minimum atomic E-state index is -0.966. The number of pyridine rings is 1. The Balaban J connectivity index is 1.61. The van der Waals surface area contributed by atoms with E-state index in [1.807, 2.05) is 0 Å². The Morgan fingerprint density at radius 2 is 1.84 bits per heavy atom. The maximum atomic E-state index is 12.3. The van der Waals surface area contributed by atoms with Crippen LogP contribution in [0.1, 0.15) is 50.4 Å². The van der Waals surface area contributed by atoms with Crippen LogP contribution in [0.4, 0.5) is 0 Å².